The summed E-state index contributed by atoms with van der Waals surface area (Å²) in [5, 5.41) is 8.20. The molecule has 0 unspecified atom stereocenters. The van der Waals surface area contributed by atoms with Crippen molar-refractivity contribution < 1.29 is 28.7 Å². The van der Waals surface area contributed by atoms with E-state index >= 15 is 0 Å². The zero-order valence-corrected chi connectivity index (χ0v) is 41.0. The number of hydrogen-bond acceptors (Lipinski definition) is 11. The number of carbonyl (C=O) groups excluding carboxylic acids is 4. The number of cyclic esters (lactones) is 1. The zero-order valence-electron chi connectivity index (χ0n) is 40.2. The molecule has 3 aliphatic heterocycles. The van der Waals surface area contributed by atoms with Gasteiger partial charge in [-0.2, -0.15) is 0 Å². The van der Waals surface area contributed by atoms with Gasteiger partial charge in [0.15, 0.2) is 0 Å². The van der Waals surface area contributed by atoms with Gasteiger partial charge in [-0.15, -0.1) is 11.3 Å². The maximum atomic E-state index is 14.5. The third kappa shape index (κ3) is 10.3. The lowest BCUT2D eigenvalue weighted by molar-refractivity contribution is -0.155. The molecule has 16 heteroatoms. The molecular weight excluding hydrogens is 843 g/mol. The van der Waals surface area contributed by atoms with Crippen molar-refractivity contribution in [3.63, 3.8) is 0 Å². The van der Waals surface area contributed by atoms with Crippen LogP contribution in [-0.4, -0.2) is 138 Å². The smallest absolute Gasteiger partial charge is 0.324 e. The van der Waals surface area contributed by atoms with E-state index in [0.717, 1.165) is 70.6 Å². The van der Waals surface area contributed by atoms with Crippen LogP contribution in [0.2, 0.25) is 0 Å². The Morgan fingerprint density at radius 1 is 1.08 bits per heavy atom. The molecule has 2 saturated heterocycles. The van der Waals surface area contributed by atoms with Crippen molar-refractivity contribution >= 4 is 46.1 Å². The van der Waals surface area contributed by atoms with Crippen molar-refractivity contribution in [2.24, 2.45) is 11.3 Å². The zero-order chi connectivity index (χ0) is 46.9. The maximum Gasteiger partial charge on any atom is 0.324 e. The standard InChI is InChI=1S/C49H69N9O6S/c1-12-57-40-16-15-32-22-34(40)36(44(57)35-23-33(26-50-42(35)30(4)63-11)31-17-20-55(9)21-18-31)25-49(5,6)28-64-47(61)37-14-13-19-58(53-37)46(60)38(24-41-51-39(32)27-65-41)52-45(59)43(29(2)3)56(10)48(62)54(7)8/h15-16,22-23,26-27,29-31,37-38,43,53H,12-14,17-21,24-25,28H2,1-11H3,(H,52,59)/t30-,37-,38-,43-/m0/s1. The number of pyridine rings is 1. The second-order valence-electron chi connectivity index (χ2n) is 19.6. The molecule has 2 fully saturated rings. The Labute approximate surface area is 388 Å². The molecule has 1 aromatic carbocycles. The SMILES string of the molecule is CCn1c(-c2cc(C3CCN(C)CC3)cnc2[C@H](C)OC)c2c3cc(ccc31)-c1csc(n1)C[C@H](NC(=O)[C@H](C(C)C)N(C)C(=O)N(C)C)C(=O)N1CCC[C@H](N1)C(=O)OCC(C)(C)C2. The largest absolute Gasteiger partial charge is 0.464 e. The highest BCUT2D eigenvalue weighted by molar-refractivity contribution is 7.10. The number of aryl methyl sites for hydroxylation is 1. The van der Waals surface area contributed by atoms with Gasteiger partial charge in [-0.25, -0.2) is 15.2 Å². The number of nitrogens with one attached hydrogen (secondary N) is 2. The first-order valence-corrected chi connectivity index (χ1v) is 24.1. The molecule has 4 amide bonds. The Morgan fingerprint density at radius 2 is 1.82 bits per heavy atom. The van der Waals surface area contributed by atoms with Crippen LogP contribution in [0.4, 0.5) is 4.79 Å². The number of esters is 1. The summed E-state index contributed by atoms with van der Waals surface area (Å²) >= 11 is 1.43. The number of fused-ring (bicyclic) bond motifs is 6. The molecule has 0 radical (unpaired) electrons. The number of thiazole rings is 1. The fourth-order valence-electron chi connectivity index (χ4n) is 9.81. The number of amides is 4. The van der Waals surface area contributed by atoms with Crippen molar-refractivity contribution in [2.75, 3.05) is 61.5 Å². The average Bonchev–Trinajstić information content (AvgIpc) is 3.88. The number of hydrazine groups is 1. The molecule has 6 bridgehead atoms. The molecule has 65 heavy (non-hydrogen) atoms. The summed E-state index contributed by atoms with van der Waals surface area (Å²) in [4.78, 5) is 71.2. The lowest BCUT2D eigenvalue weighted by atomic mass is 9.83. The molecule has 3 aromatic heterocycles. The third-order valence-electron chi connectivity index (χ3n) is 13.4. The topological polar surface area (TPSA) is 154 Å². The first-order chi connectivity index (χ1) is 30.9. The first-order valence-electron chi connectivity index (χ1n) is 23.2. The molecule has 4 aromatic rings. The van der Waals surface area contributed by atoms with Crippen LogP contribution in [0, 0.1) is 11.3 Å². The van der Waals surface area contributed by atoms with Gasteiger partial charge in [0.25, 0.3) is 5.91 Å². The minimum absolute atomic E-state index is 0.109. The quantitative estimate of drug-likeness (QED) is 0.175. The normalized spacial score (nSPS) is 20.9. The summed E-state index contributed by atoms with van der Waals surface area (Å²) < 4.78 is 14.5. The predicted molar refractivity (Wildman–Crippen MR) is 254 cm³/mol. The Bertz CT molecular complexity index is 2380. The maximum absolute atomic E-state index is 14.5. The number of nitrogens with zero attached hydrogens (tertiary/aromatic N) is 7. The molecule has 4 atom stereocenters. The van der Waals surface area contributed by atoms with E-state index in [9.17, 15) is 19.2 Å². The van der Waals surface area contributed by atoms with Crippen LogP contribution in [0.3, 0.4) is 0 Å². The number of rotatable bonds is 9. The van der Waals surface area contributed by atoms with Gasteiger partial charge in [0.2, 0.25) is 5.91 Å². The number of likely N-dealkylation sites (tertiary alicyclic amines) is 1. The summed E-state index contributed by atoms with van der Waals surface area (Å²) in [6.07, 6.45) is 5.69. The summed E-state index contributed by atoms with van der Waals surface area (Å²) in [5.74, 6) is -1.13. The van der Waals surface area contributed by atoms with Gasteiger partial charge >= 0.3 is 12.0 Å². The van der Waals surface area contributed by atoms with E-state index in [-0.39, 0.29) is 31.1 Å². The van der Waals surface area contributed by atoms with Gasteiger partial charge in [0.1, 0.15) is 18.1 Å². The van der Waals surface area contributed by atoms with Crippen molar-refractivity contribution in [3.05, 3.63) is 57.7 Å². The van der Waals surface area contributed by atoms with Crippen molar-refractivity contribution in [1.29, 1.82) is 0 Å². The van der Waals surface area contributed by atoms with E-state index in [0.29, 0.717) is 43.3 Å². The van der Waals surface area contributed by atoms with Crippen LogP contribution in [0.15, 0.2) is 35.8 Å². The van der Waals surface area contributed by atoms with Crippen LogP contribution < -0.4 is 10.7 Å². The van der Waals surface area contributed by atoms with Crippen molar-refractivity contribution in [2.45, 2.75) is 117 Å². The van der Waals surface area contributed by atoms with E-state index in [2.05, 4.69) is 78.5 Å². The Balaban J connectivity index is 1.35. The molecule has 15 nitrogen and oxygen atoms in total. The van der Waals surface area contributed by atoms with Gasteiger partial charge in [0.05, 0.1) is 34.8 Å². The van der Waals surface area contributed by atoms with E-state index in [1.54, 1.807) is 28.3 Å². The van der Waals surface area contributed by atoms with Gasteiger partial charge in [0, 0.05) is 86.8 Å². The number of ether oxygens (including phenoxy) is 2. The number of likely N-dealkylation sites (N-methyl/N-ethyl adjacent to an activating group) is 1. The van der Waals surface area contributed by atoms with Gasteiger partial charge in [-0.3, -0.25) is 24.4 Å². The van der Waals surface area contributed by atoms with E-state index in [1.165, 1.54) is 31.7 Å². The number of urea groups is 1. The van der Waals surface area contributed by atoms with Gasteiger partial charge in [-0.05, 0) is 107 Å². The summed E-state index contributed by atoms with van der Waals surface area (Å²) in [7, 11) is 8.78. The highest BCUT2D eigenvalue weighted by atomic mass is 32.1. The van der Waals surface area contributed by atoms with Crippen LogP contribution in [0.25, 0.3) is 33.4 Å². The van der Waals surface area contributed by atoms with Crippen molar-refractivity contribution in [3.8, 4) is 22.5 Å². The number of benzene rings is 1. The molecule has 0 saturated carbocycles. The molecule has 7 rings (SSSR count). The van der Waals surface area contributed by atoms with Crippen LogP contribution >= 0.6 is 11.3 Å². The molecular formula is C49H69N9O6S. The lowest BCUT2D eigenvalue weighted by Gasteiger charge is -2.36. The monoisotopic (exact) mass is 912 g/mol. The minimum Gasteiger partial charge on any atom is -0.464 e. The minimum atomic E-state index is -1.04. The predicted octanol–water partition coefficient (Wildman–Crippen LogP) is 6.65. The number of methoxy groups -OCH3 is 1. The van der Waals surface area contributed by atoms with E-state index in [1.807, 2.05) is 26.2 Å². The number of hydrogen-bond donors (Lipinski definition) is 2. The van der Waals surface area contributed by atoms with E-state index < -0.39 is 41.3 Å². The number of aromatic nitrogens is 3. The third-order valence-corrected chi connectivity index (χ3v) is 14.3. The molecule has 0 aliphatic carbocycles. The lowest BCUT2D eigenvalue weighted by Crippen LogP contribution is -2.62. The summed E-state index contributed by atoms with van der Waals surface area (Å²) in [6, 6.07) is 5.87. The Morgan fingerprint density at radius 3 is 2.49 bits per heavy atom. The van der Waals surface area contributed by atoms with Gasteiger partial charge in [-0.1, -0.05) is 33.8 Å². The summed E-state index contributed by atoms with van der Waals surface area (Å²) in [6.45, 7) is 15.5. The Kier molecular flexibility index (Phi) is 14.7. The fourth-order valence-corrected chi connectivity index (χ4v) is 10.7. The van der Waals surface area contributed by atoms with Crippen molar-refractivity contribution in [1.82, 2.24) is 45.0 Å². The Hall–Kier alpha value is -4.90. The molecule has 6 heterocycles. The van der Waals surface area contributed by atoms with Crippen LogP contribution in [0.1, 0.15) is 101 Å². The van der Waals surface area contributed by atoms with Crippen LogP contribution in [-0.2, 0) is 43.2 Å². The molecule has 2 N–H and O–H groups in total. The second-order valence-corrected chi connectivity index (χ2v) is 20.5. The molecule has 352 valence electrons. The molecule has 3 aliphatic rings. The van der Waals surface area contributed by atoms with Gasteiger partial charge < -0.3 is 34.1 Å². The second kappa shape index (κ2) is 19.9. The highest BCUT2D eigenvalue weighted by Crippen LogP contribution is 2.43. The fraction of sp³-hybridized carbons (Fsp3) is 0.592. The van der Waals surface area contributed by atoms with E-state index in [4.69, 9.17) is 19.4 Å². The number of carbonyl (C=O) groups is 4. The summed E-state index contributed by atoms with van der Waals surface area (Å²) in [5.41, 5.74) is 10.8. The van der Waals surface area contributed by atoms with Crippen LogP contribution in [0.5, 0.6) is 0 Å². The number of piperidine rings is 1. The molecule has 0 spiro atoms. The highest BCUT2D eigenvalue weighted by Gasteiger charge is 2.38. The average molecular weight is 912 g/mol. The first kappa shape index (κ1) is 48.0.